The van der Waals surface area contributed by atoms with Gasteiger partial charge in [-0.05, 0) is 54.2 Å². The van der Waals surface area contributed by atoms with Crippen LogP contribution in [0.5, 0.6) is 0 Å². The molecule has 2 aromatic rings. The molecular formula is C27H26ClNO5. The van der Waals surface area contributed by atoms with Crippen LogP contribution in [-0.4, -0.2) is 35.1 Å². The van der Waals surface area contributed by atoms with Crippen LogP contribution in [0.15, 0.2) is 48.5 Å². The Kier molecular flexibility index (Phi) is 5.03. The molecule has 2 fully saturated rings. The Balaban J connectivity index is 1.57. The summed E-state index contributed by atoms with van der Waals surface area (Å²) < 4.78 is 5.52. The number of carbonyl (C=O) groups excluding carboxylic acids is 4. The normalized spacial score (nSPS) is 29.1. The first kappa shape index (κ1) is 22.8. The van der Waals surface area contributed by atoms with Crippen molar-refractivity contribution in [1.82, 2.24) is 4.90 Å². The summed E-state index contributed by atoms with van der Waals surface area (Å²) >= 11 is 5.96. The first-order valence-electron chi connectivity index (χ1n) is 11.5. The van der Waals surface area contributed by atoms with Gasteiger partial charge < -0.3 is 4.74 Å². The zero-order valence-electron chi connectivity index (χ0n) is 19.4. The Morgan fingerprint density at radius 3 is 2.41 bits per heavy atom. The molecule has 5 rings (SSSR count). The van der Waals surface area contributed by atoms with Crippen molar-refractivity contribution in [1.29, 1.82) is 0 Å². The number of nitrogens with zero attached hydrogens (tertiary/aromatic N) is 1. The second-order valence-corrected chi connectivity index (χ2v) is 10.8. The minimum absolute atomic E-state index is 0.0844. The first-order chi connectivity index (χ1) is 16.0. The second-order valence-electron chi connectivity index (χ2n) is 10.4. The standard InChI is InChI=1S/C27H26ClNO5/c1-25(2)26(3)12-13-27(25,24(33)34-15-26)23(32)29-20(18-6-4-5-7-19(18)22(29)31)14-21(30)16-8-10-17(28)11-9-16/h4-11,20H,12-15H2,1-3H3/t20-,26+,27+/m1/s1. The van der Waals surface area contributed by atoms with Gasteiger partial charge in [-0.2, -0.15) is 0 Å². The maximum Gasteiger partial charge on any atom is 0.322 e. The Morgan fingerprint density at radius 2 is 1.71 bits per heavy atom. The van der Waals surface area contributed by atoms with Crippen LogP contribution in [0, 0.1) is 16.2 Å². The van der Waals surface area contributed by atoms with E-state index in [-0.39, 0.29) is 24.2 Å². The lowest BCUT2D eigenvalue weighted by Crippen LogP contribution is -2.61. The summed E-state index contributed by atoms with van der Waals surface area (Å²) in [6, 6.07) is 12.6. The number of esters is 1. The van der Waals surface area contributed by atoms with E-state index in [4.69, 9.17) is 16.3 Å². The van der Waals surface area contributed by atoms with Crippen LogP contribution in [0.3, 0.4) is 0 Å². The molecule has 0 aromatic heterocycles. The molecule has 1 saturated heterocycles. The van der Waals surface area contributed by atoms with Crippen LogP contribution in [0.2, 0.25) is 5.02 Å². The summed E-state index contributed by atoms with van der Waals surface area (Å²) in [5, 5.41) is 0.510. The van der Waals surface area contributed by atoms with Gasteiger partial charge in [0, 0.05) is 28.0 Å². The topological polar surface area (TPSA) is 80.8 Å². The van der Waals surface area contributed by atoms with Gasteiger partial charge in [0.1, 0.15) is 0 Å². The molecule has 7 heteroatoms. The van der Waals surface area contributed by atoms with Crippen LogP contribution >= 0.6 is 11.6 Å². The number of benzene rings is 2. The third kappa shape index (κ3) is 2.87. The van der Waals surface area contributed by atoms with E-state index in [1.54, 1.807) is 48.5 Å². The van der Waals surface area contributed by atoms with Gasteiger partial charge in [-0.1, -0.05) is 50.6 Å². The number of cyclic esters (lactones) is 1. The highest BCUT2D eigenvalue weighted by Crippen LogP contribution is 2.66. The molecule has 1 aliphatic carbocycles. The van der Waals surface area contributed by atoms with Crippen molar-refractivity contribution in [2.75, 3.05) is 6.61 Å². The molecule has 3 atom stereocenters. The van der Waals surface area contributed by atoms with Gasteiger partial charge in [0.15, 0.2) is 11.2 Å². The molecule has 34 heavy (non-hydrogen) atoms. The highest BCUT2D eigenvalue weighted by molar-refractivity contribution is 6.30. The molecule has 3 aliphatic rings. The lowest BCUT2D eigenvalue weighted by molar-refractivity contribution is -0.192. The molecule has 2 amide bonds. The molecule has 2 aliphatic heterocycles. The molecule has 176 valence electrons. The molecule has 2 aromatic carbocycles. The summed E-state index contributed by atoms with van der Waals surface area (Å²) in [5.74, 6) is -1.85. The quantitative estimate of drug-likeness (QED) is 0.266. The number of ether oxygens (including phenoxy) is 1. The SMILES string of the molecule is CC1(C)[C@@]2(C)CC[C@]1(C(=O)N1C(=O)c3ccccc3[C@H]1CC(=O)c1ccc(Cl)cc1)C(=O)OC2. The summed E-state index contributed by atoms with van der Waals surface area (Å²) in [4.78, 5) is 55.4. The van der Waals surface area contributed by atoms with E-state index < -0.39 is 34.7 Å². The highest BCUT2D eigenvalue weighted by Gasteiger charge is 2.73. The number of halogens is 1. The average molecular weight is 480 g/mol. The lowest BCUT2D eigenvalue weighted by atomic mass is 9.57. The van der Waals surface area contributed by atoms with Crippen LogP contribution in [0.1, 0.15) is 72.4 Å². The third-order valence-electron chi connectivity index (χ3n) is 8.71. The van der Waals surface area contributed by atoms with Crippen LogP contribution in [-0.2, 0) is 14.3 Å². The number of amides is 2. The van der Waals surface area contributed by atoms with Crippen molar-refractivity contribution in [3.8, 4) is 0 Å². The van der Waals surface area contributed by atoms with Crippen molar-refractivity contribution in [2.24, 2.45) is 16.2 Å². The van der Waals surface area contributed by atoms with Crippen molar-refractivity contribution >= 4 is 35.2 Å². The van der Waals surface area contributed by atoms with E-state index >= 15 is 0 Å². The predicted molar refractivity (Wildman–Crippen MR) is 125 cm³/mol. The number of Topliss-reactive ketones (excluding diaryl/α,β-unsaturated/α-hetero) is 1. The zero-order valence-corrected chi connectivity index (χ0v) is 20.1. The Morgan fingerprint density at radius 1 is 1.03 bits per heavy atom. The van der Waals surface area contributed by atoms with E-state index in [2.05, 4.69) is 0 Å². The number of ketones is 1. The Hall–Kier alpha value is -2.99. The number of imide groups is 1. The van der Waals surface area contributed by atoms with Crippen LogP contribution in [0.4, 0.5) is 0 Å². The van der Waals surface area contributed by atoms with Crippen molar-refractivity contribution in [3.63, 3.8) is 0 Å². The fourth-order valence-electron chi connectivity index (χ4n) is 5.99. The van der Waals surface area contributed by atoms with E-state index in [0.717, 1.165) is 4.90 Å². The summed E-state index contributed by atoms with van der Waals surface area (Å²) in [6.07, 6.45) is 0.867. The predicted octanol–water partition coefficient (Wildman–Crippen LogP) is 5.01. The minimum Gasteiger partial charge on any atom is -0.464 e. The van der Waals surface area contributed by atoms with E-state index in [0.29, 0.717) is 34.6 Å². The summed E-state index contributed by atoms with van der Waals surface area (Å²) in [7, 11) is 0. The maximum atomic E-state index is 14.3. The van der Waals surface area contributed by atoms with Crippen LogP contribution in [0.25, 0.3) is 0 Å². The van der Waals surface area contributed by atoms with Gasteiger partial charge >= 0.3 is 5.97 Å². The van der Waals surface area contributed by atoms with Gasteiger partial charge in [-0.25, -0.2) is 0 Å². The average Bonchev–Trinajstić information content (AvgIpc) is 3.13. The lowest BCUT2D eigenvalue weighted by Gasteiger charge is -2.50. The van der Waals surface area contributed by atoms with Gasteiger partial charge in [-0.15, -0.1) is 0 Å². The van der Waals surface area contributed by atoms with E-state index in [9.17, 15) is 19.2 Å². The molecule has 0 N–H and O–H groups in total. The van der Waals surface area contributed by atoms with Crippen molar-refractivity contribution in [3.05, 3.63) is 70.2 Å². The van der Waals surface area contributed by atoms with Gasteiger partial charge in [-0.3, -0.25) is 24.1 Å². The van der Waals surface area contributed by atoms with E-state index in [1.165, 1.54) is 0 Å². The van der Waals surface area contributed by atoms with Gasteiger partial charge in [0.2, 0.25) is 5.91 Å². The Bertz CT molecular complexity index is 1240. The minimum atomic E-state index is -1.47. The fraction of sp³-hybridized carbons (Fsp3) is 0.407. The number of fused-ring (bicyclic) bond motifs is 3. The van der Waals surface area contributed by atoms with Gasteiger partial charge in [0.05, 0.1) is 12.6 Å². The van der Waals surface area contributed by atoms with E-state index in [1.807, 2.05) is 20.8 Å². The smallest absolute Gasteiger partial charge is 0.322 e. The largest absolute Gasteiger partial charge is 0.464 e. The van der Waals surface area contributed by atoms with Crippen molar-refractivity contribution in [2.45, 2.75) is 46.1 Å². The molecule has 0 radical (unpaired) electrons. The van der Waals surface area contributed by atoms with Crippen molar-refractivity contribution < 1.29 is 23.9 Å². The monoisotopic (exact) mass is 479 g/mol. The van der Waals surface area contributed by atoms with Gasteiger partial charge in [0.25, 0.3) is 5.91 Å². The summed E-state index contributed by atoms with van der Waals surface area (Å²) in [5.41, 5.74) is -1.13. The number of carbonyl (C=O) groups is 4. The summed E-state index contributed by atoms with van der Waals surface area (Å²) in [6.45, 7) is 6.11. The third-order valence-corrected chi connectivity index (χ3v) is 8.96. The molecule has 2 heterocycles. The second kappa shape index (κ2) is 7.51. The Labute approximate surface area is 203 Å². The zero-order chi connectivity index (χ0) is 24.5. The molecule has 0 unspecified atom stereocenters. The highest BCUT2D eigenvalue weighted by atomic mass is 35.5. The fourth-order valence-corrected chi connectivity index (χ4v) is 6.11. The number of rotatable bonds is 4. The first-order valence-corrected chi connectivity index (χ1v) is 11.8. The maximum absolute atomic E-state index is 14.3. The molecule has 6 nitrogen and oxygen atoms in total. The molecule has 0 spiro atoms. The van der Waals surface area contributed by atoms with Crippen LogP contribution < -0.4 is 0 Å². The number of hydrogen-bond donors (Lipinski definition) is 0. The molecular weight excluding hydrogens is 454 g/mol. The number of hydrogen-bond acceptors (Lipinski definition) is 5. The molecule has 1 saturated carbocycles. The molecule has 2 bridgehead atoms.